The third kappa shape index (κ3) is 2.38. The van der Waals surface area contributed by atoms with Gasteiger partial charge in [0, 0.05) is 11.7 Å². The van der Waals surface area contributed by atoms with Gasteiger partial charge >= 0.3 is 0 Å². The Morgan fingerprint density at radius 1 is 1.08 bits per heavy atom. The molecule has 1 aliphatic carbocycles. The molecule has 1 saturated carbocycles. The van der Waals surface area contributed by atoms with Crippen LogP contribution in [0, 0.1) is 0 Å². The molecule has 0 saturated heterocycles. The van der Waals surface area contributed by atoms with Gasteiger partial charge in [0.1, 0.15) is 0 Å². The summed E-state index contributed by atoms with van der Waals surface area (Å²) in [5.41, 5.74) is 2.62. The highest BCUT2D eigenvalue weighted by molar-refractivity contribution is 6.52. The molecule has 0 atom stereocenters. The maximum Gasteiger partial charge on any atom is 0.299 e. The molecule has 2 aromatic carbocycles. The molecule has 1 fully saturated rings. The van der Waals surface area contributed by atoms with Gasteiger partial charge in [0.05, 0.1) is 17.8 Å². The van der Waals surface area contributed by atoms with Gasteiger partial charge in [-0.1, -0.05) is 30.3 Å². The number of ketones is 1. The van der Waals surface area contributed by atoms with E-state index in [-0.39, 0.29) is 6.04 Å². The van der Waals surface area contributed by atoms with Crippen LogP contribution < -0.4 is 9.80 Å². The van der Waals surface area contributed by atoms with Crippen LogP contribution >= 0.6 is 0 Å². The zero-order valence-electron chi connectivity index (χ0n) is 13.0. The predicted octanol–water partition coefficient (Wildman–Crippen LogP) is 2.54. The van der Waals surface area contributed by atoms with Gasteiger partial charge in [-0.2, -0.15) is 0 Å². The van der Waals surface area contributed by atoms with E-state index >= 15 is 0 Å². The molecule has 120 valence electrons. The van der Waals surface area contributed by atoms with Gasteiger partial charge < -0.3 is 9.80 Å². The Morgan fingerprint density at radius 3 is 2.50 bits per heavy atom. The van der Waals surface area contributed by atoms with Crippen LogP contribution in [0.1, 0.15) is 28.8 Å². The van der Waals surface area contributed by atoms with Crippen molar-refractivity contribution in [3.8, 4) is 0 Å². The Labute approximate surface area is 139 Å². The Morgan fingerprint density at radius 2 is 1.83 bits per heavy atom. The van der Waals surface area contributed by atoms with Crippen LogP contribution in [0.25, 0.3) is 0 Å². The van der Waals surface area contributed by atoms with Crippen molar-refractivity contribution >= 4 is 29.5 Å². The first-order chi connectivity index (χ1) is 11.7. The van der Waals surface area contributed by atoms with Gasteiger partial charge in [-0.15, -0.1) is 0 Å². The van der Waals surface area contributed by atoms with E-state index in [9.17, 15) is 14.4 Å². The number of nitrogens with zero attached hydrogens (tertiary/aromatic N) is 2. The molecule has 2 aliphatic rings. The van der Waals surface area contributed by atoms with Crippen molar-refractivity contribution in [2.75, 3.05) is 9.80 Å². The number of hydrogen-bond acceptors (Lipinski definition) is 3. The van der Waals surface area contributed by atoms with Crippen molar-refractivity contribution < 1.29 is 14.4 Å². The Kier molecular flexibility index (Phi) is 3.41. The van der Waals surface area contributed by atoms with E-state index in [1.807, 2.05) is 30.3 Å². The van der Waals surface area contributed by atoms with E-state index in [1.54, 1.807) is 23.1 Å². The summed E-state index contributed by atoms with van der Waals surface area (Å²) in [6.07, 6.45) is 2.74. The number of benzene rings is 2. The number of carbonyl (C=O) groups excluding carboxylic acids is 3. The van der Waals surface area contributed by atoms with E-state index in [4.69, 9.17) is 0 Å². The van der Waals surface area contributed by atoms with Gasteiger partial charge in [-0.25, -0.2) is 0 Å². The van der Waals surface area contributed by atoms with Crippen LogP contribution in [0.5, 0.6) is 0 Å². The molecule has 5 nitrogen and oxygen atoms in total. The van der Waals surface area contributed by atoms with Crippen molar-refractivity contribution in [1.82, 2.24) is 0 Å². The van der Waals surface area contributed by atoms with Crippen LogP contribution in [0.4, 0.5) is 11.4 Å². The number of anilines is 2. The molecule has 0 aromatic heterocycles. The highest BCUT2D eigenvalue weighted by Gasteiger charge is 2.37. The second-order valence-electron chi connectivity index (χ2n) is 6.15. The van der Waals surface area contributed by atoms with Crippen LogP contribution in [0.15, 0.2) is 48.5 Å². The van der Waals surface area contributed by atoms with Crippen molar-refractivity contribution in [2.24, 2.45) is 0 Å². The predicted molar refractivity (Wildman–Crippen MR) is 90.0 cm³/mol. The van der Waals surface area contributed by atoms with E-state index in [2.05, 4.69) is 0 Å². The number of carbonyl (C=O) groups is 3. The summed E-state index contributed by atoms with van der Waals surface area (Å²) in [4.78, 5) is 39.1. The lowest BCUT2D eigenvalue weighted by atomic mass is 10.1. The lowest BCUT2D eigenvalue weighted by Gasteiger charge is -2.19. The number of rotatable bonds is 5. The lowest BCUT2D eigenvalue weighted by molar-refractivity contribution is -0.114. The fourth-order valence-electron chi connectivity index (χ4n) is 3.08. The first-order valence-electron chi connectivity index (χ1n) is 7.97. The first-order valence-corrected chi connectivity index (χ1v) is 7.97. The molecule has 0 radical (unpaired) electrons. The second-order valence-corrected chi connectivity index (χ2v) is 6.15. The molecule has 1 heterocycles. The molecular formula is C19H16N2O3. The van der Waals surface area contributed by atoms with Gasteiger partial charge in [-0.05, 0) is 36.6 Å². The summed E-state index contributed by atoms with van der Waals surface area (Å²) >= 11 is 0. The number of hydrogen-bond donors (Lipinski definition) is 0. The minimum atomic E-state index is -0.518. The zero-order chi connectivity index (χ0) is 16.7. The number of fused-ring (bicyclic) bond motifs is 1. The van der Waals surface area contributed by atoms with E-state index in [1.165, 1.54) is 4.90 Å². The average Bonchev–Trinajstić information content (AvgIpc) is 3.42. The van der Waals surface area contributed by atoms with Gasteiger partial charge in [0.15, 0.2) is 0 Å². The minimum Gasteiger partial charge on any atom is -0.312 e. The molecular weight excluding hydrogens is 304 g/mol. The largest absolute Gasteiger partial charge is 0.312 e. The third-order valence-corrected chi connectivity index (χ3v) is 4.49. The van der Waals surface area contributed by atoms with Crippen molar-refractivity contribution in [2.45, 2.75) is 25.4 Å². The normalized spacial score (nSPS) is 16.2. The highest BCUT2D eigenvalue weighted by atomic mass is 16.2. The molecule has 4 rings (SSSR count). The molecule has 0 unspecified atom stereocenters. The van der Waals surface area contributed by atoms with Crippen molar-refractivity contribution in [3.63, 3.8) is 0 Å². The third-order valence-electron chi connectivity index (χ3n) is 4.49. The van der Waals surface area contributed by atoms with Crippen LogP contribution in [-0.2, 0) is 16.1 Å². The summed E-state index contributed by atoms with van der Waals surface area (Å²) in [7, 11) is 0. The van der Waals surface area contributed by atoms with Gasteiger partial charge in [-0.3, -0.25) is 14.4 Å². The molecule has 5 heteroatoms. The topological polar surface area (TPSA) is 57.7 Å². The quantitative estimate of drug-likeness (QED) is 0.628. The fraction of sp³-hybridized carbons (Fsp3) is 0.211. The standard InChI is InChI=1S/C19H16N2O3/c22-12-21(14-6-7-14)15-8-9-17-16(10-15)18(23)19(24)20(17)11-13-4-2-1-3-5-13/h1-5,8-10,12,14H,6-7,11H2. The number of amides is 2. The van der Waals surface area contributed by atoms with Crippen LogP contribution in [-0.4, -0.2) is 24.1 Å². The molecule has 0 spiro atoms. The summed E-state index contributed by atoms with van der Waals surface area (Å²) in [5.74, 6) is -1.03. The minimum absolute atomic E-state index is 0.216. The van der Waals surface area contributed by atoms with Gasteiger partial charge in [0.25, 0.3) is 11.7 Å². The van der Waals surface area contributed by atoms with E-state index in [0.29, 0.717) is 23.5 Å². The first kappa shape index (κ1) is 14.6. The summed E-state index contributed by atoms with van der Waals surface area (Å²) in [5, 5.41) is 0. The summed E-state index contributed by atoms with van der Waals surface area (Å²) in [6.45, 7) is 0.359. The summed E-state index contributed by atoms with van der Waals surface area (Å²) < 4.78 is 0. The summed E-state index contributed by atoms with van der Waals surface area (Å²) in [6, 6.07) is 15.0. The van der Waals surface area contributed by atoms with Gasteiger partial charge in [0.2, 0.25) is 6.41 Å². The van der Waals surface area contributed by atoms with E-state index < -0.39 is 11.7 Å². The smallest absolute Gasteiger partial charge is 0.299 e. The maximum absolute atomic E-state index is 12.4. The fourth-order valence-corrected chi connectivity index (χ4v) is 3.08. The Balaban J connectivity index is 1.68. The maximum atomic E-state index is 12.4. The van der Waals surface area contributed by atoms with Crippen molar-refractivity contribution in [3.05, 3.63) is 59.7 Å². The Bertz CT molecular complexity index is 828. The van der Waals surface area contributed by atoms with Crippen LogP contribution in [0.3, 0.4) is 0 Å². The SMILES string of the molecule is O=CN(c1ccc2c(c1)C(=O)C(=O)N2Cc1ccccc1)C1CC1. The lowest BCUT2D eigenvalue weighted by Crippen LogP contribution is -2.29. The monoisotopic (exact) mass is 320 g/mol. The highest BCUT2D eigenvalue weighted by Crippen LogP contribution is 2.36. The molecule has 1 aliphatic heterocycles. The molecule has 2 amide bonds. The number of Topliss-reactive ketones (excluding diaryl/α,β-unsaturated/α-hetero) is 1. The molecule has 2 aromatic rings. The van der Waals surface area contributed by atoms with E-state index in [0.717, 1.165) is 24.8 Å². The van der Waals surface area contributed by atoms with Crippen LogP contribution in [0.2, 0.25) is 0 Å². The molecule has 24 heavy (non-hydrogen) atoms. The molecule has 0 bridgehead atoms. The second kappa shape index (κ2) is 5.60. The molecule has 0 N–H and O–H groups in total. The zero-order valence-corrected chi connectivity index (χ0v) is 13.0. The average molecular weight is 320 g/mol. The van der Waals surface area contributed by atoms with Crippen molar-refractivity contribution in [1.29, 1.82) is 0 Å². The Hall–Kier alpha value is -2.95.